The van der Waals surface area contributed by atoms with Gasteiger partial charge in [-0.1, -0.05) is 23.2 Å². The maximum atomic E-state index is 13.4. The Hall–Kier alpha value is -3.08. The van der Waals surface area contributed by atoms with Gasteiger partial charge in [0, 0.05) is 42.1 Å². The fraction of sp³-hybridized carbons (Fsp3) is 0.190. The second-order valence-corrected chi connectivity index (χ2v) is 10.4. The predicted octanol–water partition coefficient (Wildman–Crippen LogP) is 3.21. The van der Waals surface area contributed by atoms with Crippen LogP contribution in [0.5, 0.6) is 0 Å². The van der Waals surface area contributed by atoms with Crippen molar-refractivity contribution in [1.82, 2.24) is 4.57 Å². The van der Waals surface area contributed by atoms with Crippen molar-refractivity contribution in [3.05, 3.63) is 51.6 Å². The Labute approximate surface area is 198 Å². The van der Waals surface area contributed by atoms with Gasteiger partial charge in [-0.15, -0.1) is 0 Å². The third kappa shape index (κ3) is 3.54. The summed E-state index contributed by atoms with van der Waals surface area (Å²) in [5.41, 5.74) is 1.04. The third-order valence-electron chi connectivity index (χ3n) is 5.36. The van der Waals surface area contributed by atoms with Crippen LogP contribution >= 0.6 is 23.2 Å². The highest BCUT2D eigenvalue weighted by Gasteiger charge is 2.38. The summed E-state index contributed by atoms with van der Waals surface area (Å²) in [6.07, 6.45) is 0. The van der Waals surface area contributed by atoms with Crippen LogP contribution < -0.4 is 9.21 Å². The number of aliphatic carboxylic acids is 1. The second-order valence-electron chi connectivity index (χ2n) is 7.71. The van der Waals surface area contributed by atoms with E-state index in [1.54, 1.807) is 26.0 Å². The number of benzene rings is 2. The van der Waals surface area contributed by atoms with E-state index in [9.17, 15) is 27.9 Å². The number of halogens is 2. The minimum atomic E-state index is -4.46. The molecule has 0 saturated heterocycles. The minimum Gasteiger partial charge on any atom is -0.480 e. The summed E-state index contributed by atoms with van der Waals surface area (Å²) < 4.78 is 29.0. The average molecular weight is 510 g/mol. The molecule has 12 heteroatoms. The fourth-order valence-electron chi connectivity index (χ4n) is 4.01. The highest BCUT2D eigenvalue weighted by molar-refractivity contribution is 7.92. The van der Waals surface area contributed by atoms with Crippen molar-refractivity contribution in [3.63, 3.8) is 0 Å². The van der Waals surface area contributed by atoms with E-state index in [0.717, 1.165) is 12.1 Å². The van der Waals surface area contributed by atoms with Crippen LogP contribution in [0.3, 0.4) is 0 Å². The summed E-state index contributed by atoms with van der Waals surface area (Å²) in [6.45, 7) is -0.933. The van der Waals surface area contributed by atoms with Crippen LogP contribution in [0.25, 0.3) is 10.9 Å². The van der Waals surface area contributed by atoms with Crippen molar-refractivity contribution in [2.75, 3.05) is 29.8 Å². The Kier molecular flexibility index (Phi) is 5.43. The molecule has 172 valence electrons. The molecular weight excluding hydrogens is 493 g/mol. The maximum Gasteiger partial charge on any atom is 0.324 e. The van der Waals surface area contributed by atoms with Gasteiger partial charge >= 0.3 is 5.97 Å². The summed E-state index contributed by atoms with van der Waals surface area (Å²) in [7, 11) is 0.579. The lowest BCUT2D eigenvalue weighted by Gasteiger charge is -2.24. The largest absolute Gasteiger partial charge is 0.480 e. The molecule has 1 aromatic heterocycles. The molecule has 4 rings (SSSR count). The van der Waals surface area contributed by atoms with Crippen LogP contribution in [0.1, 0.15) is 20.8 Å². The first-order valence-electron chi connectivity index (χ1n) is 9.48. The van der Waals surface area contributed by atoms with Crippen molar-refractivity contribution in [3.8, 4) is 0 Å². The Morgan fingerprint density at radius 3 is 2.18 bits per heavy atom. The molecule has 0 saturated carbocycles. The van der Waals surface area contributed by atoms with Gasteiger partial charge in [0.2, 0.25) is 5.78 Å². The van der Waals surface area contributed by atoms with E-state index in [2.05, 4.69) is 0 Å². The molecule has 2 bridgehead atoms. The Morgan fingerprint density at radius 2 is 1.64 bits per heavy atom. The number of Topliss-reactive ketones (excluding diaryl/α,β-unsaturated/α-hetero) is 2. The van der Waals surface area contributed by atoms with Gasteiger partial charge in [0.15, 0.2) is 0 Å². The van der Waals surface area contributed by atoms with Crippen LogP contribution in [-0.2, 0) is 21.9 Å². The molecule has 1 heterocycles. The fourth-order valence-corrected chi connectivity index (χ4v) is 6.14. The third-order valence-corrected chi connectivity index (χ3v) is 7.55. The number of fused-ring (bicyclic) bond motifs is 1. The molecule has 1 aliphatic carbocycles. The highest BCUT2D eigenvalue weighted by Crippen LogP contribution is 2.42. The number of anilines is 2. The number of nitrogens with zero attached hydrogens (tertiary/aromatic N) is 3. The second kappa shape index (κ2) is 7.75. The zero-order chi connectivity index (χ0) is 24.4. The molecule has 0 amide bonds. The Balaban J connectivity index is 2.02. The van der Waals surface area contributed by atoms with Crippen molar-refractivity contribution in [2.24, 2.45) is 7.05 Å². The number of carboxylic acids is 1. The van der Waals surface area contributed by atoms with E-state index in [-0.39, 0.29) is 31.9 Å². The number of aromatic nitrogens is 1. The van der Waals surface area contributed by atoms with Gasteiger partial charge in [-0.3, -0.25) is 18.7 Å². The molecule has 0 atom stereocenters. The van der Waals surface area contributed by atoms with Gasteiger partial charge in [-0.25, -0.2) is 8.42 Å². The molecule has 9 nitrogen and oxygen atoms in total. The summed E-state index contributed by atoms with van der Waals surface area (Å²) in [6, 6.07) is 6.30. The number of hydrogen-bond donors (Lipinski definition) is 1. The number of aryl methyl sites for hydroxylation is 1. The van der Waals surface area contributed by atoms with Crippen LogP contribution in [0.15, 0.2) is 35.2 Å². The molecule has 0 unspecified atom stereocenters. The van der Waals surface area contributed by atoms with Crippen LogP contribution in [0.4, 0.5) is 11.4 Å². The number of carbonyl (C=O) groups excluding carboxylic acids is 2. The molecule has 33 heavy (non-hydrogen) atoms. The molecule has 0 fully saturated rings. The topological polar surface area (TPSA) is 117 Å². The lowest BCUT2D eigenvalue weighted by atomic mass is 9.94. The summed E-state index contributed by atoms with van der Waals surface area (Å²) in [5, 5.41) is 10.0. The molecule has 1 aliphatic rings. The van der Waals surface area contributed by atoms with Crippen molar-refractivity contribution in [1.29, 1.82) is 0 Å². The predicted molar refractivity (Wildman–Crippen MR) is 125 cm³/mol. The molecule has 3 aromatic rings. The summed E-state index contributed by atoms with van der Waals surface area (Å²) >= 11 is 11.9. The quantitative estimate of drug-likeness (QED) is 0.506. The van der Waals surface area contributed by atoms with E-state index in [0.29, 0.717) is 20.9 Å². The number of rotatable bonds is 6. The van der Waals surface area contributed by atoms with Gasteiger partial charge in [0.05, 0.1) is 21.8 Å². The van der Waals surface area contributed by atoms with Crippen LogP contribution in [0, 0.1) is 0 Å². The van der Waals surface area contributed by atoms with Crippen molar-refractivity contribution < 1.29 is 27.9 Å². The van der Waals surface area contributed by atoms with Crippen LogP contribution in [0.2, 0.25) is 10.0 Å². The van der Waals surface area contributed by atoms with Gasteiger partial charge < -0.3 is 14.6 Å². The number of sulfonamides is 1. The first kappa shape index (κ1) is 23.1. The molecule has 2 aromatic carbocycles. The number of carbonyl (C=O) groups is 3. The van der Waals surface area contributed by atoms with Gasteiger partial charge in [-0.05, 0) is 30.3 Å². The van der Waals surface area contributed by atoms with Gasteiger partial charge in [-0.2, -0.15) is 0 Å². The number of hydrogen-bond acceptors (Lipinski definition) is 6. The number of carboxylic acid groups (broad SMARTS) is 1. The summed E-state index contributed by atoms with van der Waals surface area (Å²) in [4.78, 5) is 38.6. The first-order chi connectivity index (χ1) is 15.3. The minimum absolute atomic E-state index is 0.000912. The zero-order valence-corrected chi connectivity index (χ0v) is 19.9. The summed E-state index contributed by atoms with van der Waals surface area (Å²) in [5.74, 6) is -2.95. The zero-order valence-electron chi connectivity index (χ0n) is 17.6. The monoisotopic (exact) mass is 509 g/mol. The Morgan fingerprint density at radius 1 is 1.03 bits per heavy atom. The Bertz CT molecular complexity index is 1470. The maximum absolute atomic E-state index is 13.4. The van der Waals surface area contributed by atoms with E-state index < -0.39 is 34.1 Å². The lowest BCUT2D eigenvalue weighted by Crippen LogP contribution is -2.36. The normalized spacial score (nSPS) is 13.1. The smallest absolute Gasteiger partial charge is 0.324 e. The van der Waals surface area contributed by atoms with E-state index in [4.69, 9.17) is 23.2 Å². The SMILES string of the molecule is CN(C)c1c2n(C)c3cc(N(CC(=O)O)S(=O)(=O)c4cc(Cl)cc(Cl)c4)cc(c13)C(=O)C2=O. The van der Waals surface area contributed by atoms with E-state index in [1.807, 2.05) is 0 Å². The standard InChI is InChI=1S/C21H17Cl2N3O6S/c1-24(2)18-17-14-7-12(8-15(17)25(3)19(18)21(30)20(14)29)26(9-16(27)28)33(31,32)13-5-10(22)4-11(23)6-13/h4-8H,9H2,1-3H3,(H,27,28). The number of ketones is 2. The molecule has 0 spiro atoms. The van der Waals surface area contributed by atoms with Crippen molar-refractivity contribution >= 4 is 73.0 Å². The van der Waals surface area contributed by atoms with Gasteiger partial charge in [0.25, 0.3) is 15.8 Å². The van der Waals surface area contributed by atoms with Gasteiger partial charge in [0.1, 0.15) is 12.2 Å². The average Bonchev–Trinajstić information content (AvgIpc) is 3.00. The molecular formula is C21H17Cl2N3O6S. The molecule has 1 N–H and O–H groups in total. The first-order valence-corrected chi connectivity index (χ1v) is 11.7. The molecule has 0 aliphatic heterocycles. The highest BCUT2D eigenvalue weighted by atomic mass is 35.5. The van der Waals surface area contributed by atoms with E-state index in [1.165, 1.54) is 22.8 Å². The molecule has 0 radical (unpaired) electrons. The van der Waals surface area contributed by atoms with E-state index >= 15 is 0 Å². The van der Waals surface area contributed by atoms with Crippen molar-refractivity contribution in [2.45, 2.75) is 4.90 Å². The lowest BCUT2D eigenvalue weighted by molar-refractivity contribution is -0.135. The van der Waals surface area contributed by atoms with Crippen LogP contribution in [-0.4, -0.2) is 56.3 Å².